The van der Waals surface area contributed by atoms with Crippen molar-refractivity contribution in [3.05, 3.63) is 59.2 Å². The van der Waals surface area contributed by atoms with E-state index >= 15 is 0 Å². The summed E-state index contributed by atoms with van der Waals surface area (Å²) in [6.07, 6.45) is 1.19. The van der Waals surface area contributed by atoms with Gasteiger partial charge in [0.05, 0.1) is 17.8 Å². The Morgan fingerprint density at radius 2 is 1.87 bits per heavy atom. The van der Waals surface area contributed by atoms with Crippen LogP contribution in [0, 0.1) is 6.92 Å². The number of hydrogen-bond donors (Lipinski definition) is 1. The van der Waals surface area contributed by atoms with Crippen LogP contribution in [0.3, 0.4) is 0 Å². The molecule has 4 heteroatoms. The van der Waals surface area contributed by atoms with E-state index in [1.54, 1.807) is 4.90 Å². The van der Waals surface area contributed by atoms with Crippen LogP contribution in [0.4, 0.5) is 11.4 Å². The zero-order valence-electron chi connectivity index (χ0n) is 13.4. The maximum Gasteiger partial charge on any atom is 0.231 e. The van der Waals surface area contributed by atoms with E-state index < -0.39 is 0 Å². The number of para-hydroxylation sites is 1. The maximum absolute atomic E-state index is 12.7. The summed E-state index contributed by atoms with van der Waals surface area (Å²) in [4.78, 5) is 25.9. The molecule has 0 unspecified atom stereocenters. The fourth-order valence-corrected chi connectivity index (χ4v) is 2.97. The molecule has 2 amide bonds. The molecule has 0 bridgehead atoms. The van der Waals surface area contributed by atoms with Crippen LogP contribution < -0.4 is 10.2 Å². The van der Waals surface area contributed by atoms with Gasteiger partial charge in [0, 0.05) is 13.5 Å². The van der Waals surface area contributed by atoms with E-state index in [0.29, 0.717) is 18.7 Å². The van der Waals surface area contributed by atoms with Crippen molar-refractivity contribution in [2.24, 2.45) is 0 Å². The number of benzene rings is 2. The van der Waals surface area contributed by atoms with E-state index in [2.05, 4.69) is 5.32 Å². The van der Waals surface area contributed by atoms with Crippen molar-refractivity contribution in [3.8, 4) is 0 Å². The number of carbonyl (C=O) groups excluding carboxylic acids is 2. The van der Waals surface area contributed by atoms with E-state index in [0.717, 1.165) is 23.2 Å². The number of nitrogens with one attached hydrogen (secondary N) is 1. The lowest BCUT2D eigenvalue weighted by Gasteiger charge is -2.20. The molecule has 1 N–H and O–H groups in total. The summed E-state index contributed by atoms with van der Waals surface area (Å²) in [5.41, 5.74) is 4.85. The lowest BCUT2D eigenvalue weighted by atomic mass is 10.1. The Balaban J connectivity index is 1.85. The fraction of sp³-hybridized carbons (Fsp3) is 0.263. The van der Waals surface area contributed by atoms with E-state index in [4.69, 9.17) is 0 Å². The van der Waals surface area contributed by atoms with Gasteiger partial charge in [-0.05, 0) is 30.5 Å². The van der Waals surface area contributed by atoms with Gasteiger partial charge in [-0.15, -0.1) is 0 Å². The quantitative estimate of drug-likeness (QED) is 0.947. The molecule has 0 aromatic heterocycles. The Labute approximate surface area is 136 Å². The second kappa shape index (κ2) is 6.24. The van der Waals surface area contributed by atoms with Crippen LogP contribution in [0.15, 0.2) is 42.5 Å². The second-order valence-electron chi connectivity index (χ2n) is 5.95. The number of nitrogens with zero attached hydrogens (tertiary/aromatic N) is 1. The minimum atomic E-state index is -0.128. The van der Waals surface area contributed by atoms with Crippen LogP contribution in [0.5, 0.6) is 0 Å². The van der Waals surface area contributed by atoms with Gasteiger partial charge in [0.2, 0.25) is 11.8 Å². The van der Waals surface area contributed by atoms with Crippen molar-refractivity contribution in [1.82, 2.24) is 0 Å². The van der Waals surface area contributed by atoms with Crippen LogP contribution in [-0.4, -0.2) is 18.4 Å². The molecular formula is C19H20N2O2. The number of anilines is 2. The molecule has 118 valence electrons. The second-order valence-corrected chi connectivity index (χ2v) is 5.95. The molecule has 0 saturated carbocycles. The number of carbonyl (C=O) groups is 2. The van der Waals surface area contributed by atoms with Crippen LogP contribution in [0.25, 0.3) is 0 Å². The first-order chi connectivity index (χ1) is 11.0. The summed E-state index contributed by atoms with van der Waals surface area (Å²) in [6, 6.07) is 13.8. The van der Waals surface area contributed by atoms with Crippen LogP contribution in [0.1, 0.15) is 23.6 Å². The van der Waals surface area contributed by atoms with Gasteiger partial charge in [0.1, 0.15) is 0 Å². The lowest BCUT2D eigenvalue weighted by molar-refractivity contribution is -0.118. The third-order valence-corrected chi connectivity index (χ3v) is 4.08. The Morgan fingerprint density at radius 1 is 1.13 bits per heavy atom. The van der Waals surface area contributed by atoms with Gasteiger partial charge in [-0.1, -0.05) is 42.0 Å². The van der Waals surface area contributed by atoms with Crippen molar-refractivity contribution >= 4 is 23.2 Å². The number of rotatable bonds is 3. The summed E-state index contributed by atoms with van der Waals surface area (Å²) in [5.74, 6) is -0.0679. The first-order valence-corrected chi connectivity index (χ1v) is 7.80. The highest BCUT2D eigenvalue weighted by Gasteiger charge is 2.27. The monoisotopic (exact) mass is 308 g/mol. The van der Waals surface area contributed by atoms with Gasteiger partial charge in [-0.3, -0.25) is 9.59 Å². The van der Waals surface area contributed by atoms with Crippen molar-refractivity contribution in [1.29, 1.82) is 0 Å². The Kier molecular flexibility index (Phi) is 4.15. The Bertz CT molecular complexity index is 750. The topological polar surface area (TPSA) is 49.4 Å². The summed E-state index contributed by atoms with van der Waals surface area (Å²) in [6.45, 7) is 4.17. The molecule has 2 aromatic carbocycles. The Morgan fingerprint density at radius 3 is 2.57 bits per heavy atom. The molecule has 1 aliphatic rings. The smallest absolute Gasteiger partial charge is 0.231 e. The van der Waals surface area contributed by atoms with Crippen LogP contribution in [-0.2, 0) is 22.4 Å². The number of hydrogen-bond acceptors (Lipinski definition) is 2. The molecule has 2 aromatic rings. The molecule has 3 rings (SSSR count). The molecule has 0 saturated heterocycles. The van der Waals surface area contributed by atoms with E-state index in [1.807, 2.05) is 49.4 Å². The fourth-order valence-electron chi connectivity index (χ4n) is 2.97. The number of amides is 2. The van der Waals surface area contributed by atoms with Gasteiger partial charge in [-0.2, -0.15) is 0 Å². The highest BCUT2D eigenvalue weighted by atomic mass is 16.2. The largest absolute Gasteiger partial charge is 0.325 e. The van der Waals surface area contributed by atoms with Gasteiger partial charge in [-0.25, -0.2) is 0 Å². The third-order valence-electron chi connectivity index (χ3n) is 4.08. The van der Waals surface area contributed by atoms with Crippen LogP contribution >= 0.6 is 0 Å². The minimum absolute atomic E-state index is 0.0606. The highest BCUT2D eigenvalue weighted by Crippen LogP contribution is 2.35. The minimum Gasteiger partial charge on any atom is -0.325 e. The summed E-state index contributed by atoms with van der Waals surface area (Å²) < 4.78 is 0. The first-order valence-electron chi connectivity index (χ1n) is 7.80. The van der Waals surface area contributed by atoms with Crippen molar-refractivity contribution in [2.75, 3.05) is 16.8 Å². The van der Waals surface area contributed by atoms with Crippen LogP contribution in [0.2, 0.25) is 0 Å². The highest BCUT2D eigenvalue weighted by molar-refractivity contribution is 6.03. The summed E-state index contributed by atoms with van der Waals surface area (Å²) in [5, 5.41) is 2.83. The van der Waals surface area contributed by atoms with E-state index in [1.165, 1.54) is 12.5 Å². The number of fused-ring (bicyclic) bond motifs is 1. The standard InChI is InChI=1S/C19H20N2O2/c1-13-6-8-15(9-7-13)12-18(23)21-11-10-16-4-3-5-17(19(16)21)20-14(2)22/h3-9H,10-12H2,1-2H3,(H,20,22). The van der Waals surface area contributed by atoms with Gasteiger partial charge >= 0.3 is 0 Å². The molecule has 1 heterocycles. The van der Waals surface area contributed by atoms with Crippen molar-refractivity contribution in [3.63, 3.8) is 0 Å². The van der Waals surface area contributed by atoms with Crippen molar-refractivity contribution in [2.45, 2.75) is 26.7 Å². The molecule has 23 heavy (non-hydrogen) atoms. The average Bonchev–Trinajstić information content (AvgIpc) is 2.94. The van der Waals surface area contributed by atoms with Gasteiger partial charge < -0.3 is 10.2 Å². The predicted molar refractivity (Wildman–Crippen MR) is 91.7 cm³/mol. The van der Waals surface area contributed by atoms with Crippen molar-refractivity contribution < 1.29 is 9.59 Å². The molecule has 0 aliphatic carbocycles. The maximum atomic E-state index is 12.7. The molecule has 4 nitrogen and oxygen atoms in total. The predicted octanol–water partition coefficient (Wildman–Crippen LogP) is 3.09. The van der Waals surface area contributed by atoms with E-state index in [-0.39, 0.29) is 11.8 Å². The zero-order chi connectivity index (χ0) is 16.4. The molecule has 0 atom stereocenters. The van der Waals surface area contributed by atoms with Gasteiger partial charge in [0.25, 0.3) is 0 Å². The normalized spacial score (nSPS) is 12.9. The average molecular weight is 308 g/mol. The van der Waals surface area contributed by atoms with E-state index in [9.17, 15) is 9.59 Å². The third kappa shape index (κ3) is 3.26. The number of aryl methyl sites for hydroxylation is 1. The lowest BCUT2D eigenvalue weighted by Crippen LogP contribution is -2.31. The summed E-state index contributed by atoms with van der Waals surface area (Å²) >= 11 is 0. The molecular weight excluding hydrogens is 288 g/mol. The van der Waals surface area contributed by atoms with Gasteiger partial charge in [0.15, 0.2) is 0 Å². The zero-order valence-corrected chi connectivity index (χ0v) is 13.4. The first kappa shape index (κ1) is 15.3. The molecule has 0 fully saturated rings. The summed E-state index contributed by atoms with van der Waals surface area (Å²) in [7, 11) is 0. The molecule has 1 aliphatic heterocycles. The molecule has 0 radical (unpaired) electrons. The Hall–Kier alpha value is -2.62. The molecule has 0 spiro atoms. The SMILES string of the molecule is CC(=O)Nc1cccc2c1N(C(=O)Cc1ccc(C)cc1)CC2.